The van der Waals surface area contributed by atoms with Gasteiger partial charge in [0.25, 0.3) is 0 Å². The molecule has 0 bridgehead atoms. The van der Waals surface area contributed by atoms with Crippen molar-refractivity contribution in [2.45, 2.75) is 18.8 Å². The molecule has 2 N–H and O–H groups in total. The van der Waals surface area contributed by atoms with Crippen LogP contribution < -0.4 is 5.73 Å². The van der Waals surface area contributed by atoms with E-state index in [1.807, 2.05) is 12.3 Å². The lowest BCUT2D eigenvalue weighted by atomic mass is 9.99. The van der Waals surface area contributed by atoms with Gasteiger partial charge in [-0.25, -0.2) is 0 Å². The topological polar surface area (TPSA) is 42.1 Å². The van der Waals surface area contributed by atoms with Gasteiger partial charge in [-0.1, -0.05) is 18.2 Å². The molecular weight excluding hydrogens is 234 g/mol. The highest BCUT2D eigenvalue weighted by molar-refractivity contribution is 5.78. The molecular formula is C16H21N3. The first kappa shape index (κ1) is 12.6. The molecule has 3 nitrogen and oxygen atoms in total. The van der Waals surface area contributed by atoms with E-state index in [1.54, 1.807) is 0 Å². The fourth-order valence-electron chi connectivity index (χ4n) is 2.90. The summed E-state index contributed by atoms with van der Waals surface area (Å²) < 4.78 is 0. The van der Waals surface area contributed by atoms with Gasteiger partial charge in [0.2, 0.25) is 0 Å². The molecule has 3 rings (SSSR count). The number of benzene rings is 1. The number of likely N-dealkylation sites (tertiary alicyclic amines) is 1. The predicted molar refractivity (Wildman–Crippen MR) is 79.2 cm³/mol. The van der Waals surface area contributed by atoms with Crippen LogP contribution in [0.4, 0.5) is 0 Å². The Morgan fingerprint density at radius 1 is 1.21 bits per heavy atom. The van der Waals surface area contributed by atoms with Gasteiger partial charge in [0, 0.05) is 30.6 Å². The second-order valence-electron chi connectivity index (χ2n) is 5.40. The van der Waals surface area contributed by atoms with Crippen molar-refractivity contribution in [2.75, 3.05) is 26.2 Å². The number of fused-ring (bicyclic) bond motifs is 1. The molecule has 1 aliphatic rings. The van der Waals surface area contributed by atoms with E-state index in [4.69, 9.17) is 5.73 Å². The van der Waals surface area contributed by atoms with E-state index in [-0.39, 0.29) is 0 Å². The maximum atomic E-state index is 5.97. The summed E-state index contributed by atoms with van der Waals surface area (Å²) in [5.74, 6) is 0.398. The third-order valence-electron chi connectivity index (χ3n) is 4.04. The standard InChI is InChI=1S/C16H21N3/c17-10-15(12-19-7-3-4-8-19)14-9-13-5-1-2-6-16(13)18-11-14/h1-2,5-6,9,11,15H,3-4,7-8,10,12,17H2. The predicted octanol–water partition coefficient (Wildman–Crippen LogP) is 2.37. The number of rotatable bonds is 4. The van der Waals surface area contributed by atoms with Gasteiger partial charge in [-0.05, 0) is 43.6 Å². The van der Waals surface area contributed by atoms with E-state index < -0.39 is 0 Å². The summed E-state index contributed by atoms with van der Waals surface area (Å²) in [7, 11) is 0. The first-order chi connectivity index (χ1) is 9.36. The largest absolute Gasteiger partial charge is 0.330 e. The van der Waals surface area contributed by atoms with Gasteiger partial charge in [0.15, 0.2) is 0 Å². The maximum absolute atomic E-state index is 5.97. The van der Waals surface area contributed by atoms with Crippen LogP contribution in [-0.2, 0) is 0 Å². The highest BCUT2D eigenvalue weighted by Gasteiger charge is 2.18. The Labute approximate surface area is 114 Å². The van der Waals surface area contributed by atoms with Crippen molar-refractivity contribution < 1.29 is 0 Å². The molecule has 1 atom stereocenters. The summed E-state index contributed by atoms with van der Waals surface area (Å²) in [6, 6.07) is 10.5. The second kappa shape index (κ2) is 5.68. The zero-order valence-corrected chi connectivity index (χ0v) is 11.3. The molecule has 0 spiro atoms. The molecule has 1 aromatic heterocycles. The number of hydrogen-bond donors (Lipinski definition) is 1. The molecule has 0 aliphatic carbocycles. The van der Waals surface area contributed by atoms with E-state index in [9.17, 15) is 0 Å². The van der Waals surface area contributed by atoms with Crippen molar-refractivity contribution in [2.24, 2.45) is 5.73 Å². The van der Waals surface area contributed by atoms with E-state index in [0.717, 1.165) is 12.1 Å². The molecule has 3 heteroatoms. The number of nitrogens with two attached hydrogens (primary N) is 1. The zero-order valence-electron chi connectivity index (χ0n) is 11.3. The van der Waals surface area contributed by atoms with Crippen LogP contribution in [0.1, 0.15) is 24.3 Å². The van der Waals surface area contributed by atoms with Gasteiger partial charge < -0.3 is 10.6 Å². The summed E-state index contributed by atoms with van der Waals surface area (Å²) in [6.45, 7) is 4.20. The van der Waals surface area contributed by atoms with Crippen molar-refractivity contribution in [1.82, 2.24) is 9.88 Å². The molecule has 1 saturated heterocycles. The van der Waals surface area contributed by atoms with Crippen molar-refractivity contribution in [3.63, 3.8) is 0 Å². The van der Waals surface area contributed by atoms with E-state index >= 15 is 0 Å². The Morgan fingerprint density at radius 3 is 2.79 bits per heavy atom. The Balaban J connectivity index is 1.83. The van der Waals surface area contributed by atoms with Gasteiger partial charge in [-0.2, -0.15) is 0 Å². The third kappa shape index (κ3) is 2.77. The number of hydrogen-bond acceptors (Lipinski definition) is 3. The Hall–Kier alpha value is -1.45. The quantitative estimate of drug-likeness (QED) is 0.912. The SMILES string of the molecule is NCC(CN1CCCC1)c1cnc2ccccc2c1. The molecule has 1 aliphatic heterocycles. The van der Waals surface area contributed by atoms with Crippen LogP contribution in [0.25, 0.3) is 10.9 Å². The Morgan fingerprint density at radius 2 is 2.00 bits per heavy atom. The van der Waals surface area contributed by atoms with Crippen LogP contribution in [-0.4, -0.2) is 36.1 Å². The summed E-state index contributed by atoms with van der Waals surface area (Å²) in [6.07, 6.45) is 4.65. The smallest absolute Gasteiger partial charge is 0.0702 e. The van der Waals surface area contributed by atoms with Crippen molar-refractivity contribution in [1.29, 1.82) is 0 Å². The molecule has 2 heterocycles. The van der Waals surface area contributed by atoms with Crippen LogP contribution in [0.3, 0.4) is 0 Å². The fraction of sp³-hybridized carbons (Fsp3) is 0.438. The van der Waals surface area contributed by atoms with Crippen LogP contribution in [0.15, 0.2) is 36.5 Å². The van der Waals surface area contributed by atoms with Crippen molar-refractivity contribution in [3.05, 3.63) is 42.1 Å². The average Bonchev–Trinajstić information content (AvgIpc) is 2.97. The van der Waals surface area contributed by atoms with Gasteiger partial charge in [0.05, 0.1) is 5.52 Å². The molecule has 100 valence electrons. The summed E-state index contributed by atoms with van der Waals surface area (Å²) in [5.41, 5.74) is 8.30. The zero-order chi connectivity index (χ0) is 13.1. The number of aromatic nitrogens is 1. The van der Waals surface area contributed by atoms with Gasteiger partial charge in [-0.3, -0.25) is 4.98 Å². The summed E-state index contributed by atoms with van der Waals surface area (Å²) >= 11 is 0. The maximum Gasteiger partial charge on any atom is 0.0702 e. The molecule has 0 saturated carbocycles. The van der Waals surface area contributed by atoms with E-state index in [1.165, 1.54) is 36.9 Å². The fourth-order valence-corrected chi connectivity index (χ4v) is 2.90. The van der Waals surface area contributed by atoms with Crippen LogP contribution >= 0.6 is 0 Å². The minimum absolute atomic E-state index is 0.398. The van der Waals surface area contributed by atoms with Crippen molar-refractivity contribution in [3.8, 4) is 0 Å². The van der Waals surface area contributed by atoms with E-state index in [0.29, 0.717) is 12.5 Å². The Kier molecular flexibility index (Phi) is 3.76. The van der Waals surface area contributed by atoms with Crippen molar-refractivity contribution >= 4 is 10.9 Å². The van der Waals surface area contributed by atoms with Gasteiger partial charge >= 0.3 is 0 Å². The average molecular weight is 255 g/mol. The number of pyridine rings is 1. The molecule has 1 unspecified atom stereocenters. The number of nitrogens with zero attached hydrogens (tertiary/aromatic N) is 2. The lowest BCUT2D eigenvalue weighted by molar-refractivity contribution is 0.315. The van der Waals surface area contributed by atoms with Crippen LogP contribution in [0, 0.1) is 0 Å². The van der Waals surface area contributed by atoms with Crippen LogP contribution in [0.2, 0.25) is 0 Å². The van der Waals surface area contributed by atoms with Gasteiger partial charge in [-0.15, -0.1) is 0 Å². The molecule has 19 heavy (non-hydrogen) atoms. The highest BCUT2D eigenvalue weighted by Crippen LogP contribution is 2.21. The Bertz CT molecular complexity index is 546. The lowest BCUT2D eigenvalue weighted by Crippen LogP contribution is -2.29. The normalized spacial score (nSPS) is 17.9. The van der Waals surface area contributed by atoms with Gasteiger partial charge in [0.1, 0.15) is 0 Å². The summed E-state index contributed by atoms with van der Waals surface area (Å²) in [4.78, 5) is 7.07. The minimum atomic E-state index is 0.398. The van der Waals surface area contributed by atoms with E-state index in [2.05, 4.69) is 34.1 Å². The first-order valence-electron chi connectivity index (χ1n) is 7.14. The minimum Gasteiger partial charge on any atom is -0.330 e. The third-order valence-corrected chi connectivity index (χ3v) is 4.04. The highest BCUT2D eigenvalue weighted by atomic mass is 15.1. The van der Waals surface area contributed by atoms with Crippen LogP contribution in [0.5, 0.6) is 0 Å². The summed E-state index contributed by atoms with van der Waals surface area (Å²) in [5, 5.41) is 1.21. The lowest BCUT2D eigenvalue weighted by Gasteiger charge is -2.22. The molecule has 1 fully saturated rings. The first-order valence-corrected chi connectivity index (χ1v) is 7.14. The monoisotopic (exact) mass is 255 g/mol. The molecule has 2 aromatic rings. The molecule has 0 amide bonds. The molecule has 1 aromatic carbocycles. The molecule has 0 radical (unpaired) electrons. The number of para-hydroxylation sites is 1. The second-order valence-corrected chi connectivity index (χ2v) is 5.40.